The van der Waals surface area contributed by atoms with Gasteiger partial charge in [0.05, 0.1) is 12.7 Å². The first-order valence-electron chi connectivity index (χ1n) is 16.4. The van der Waals surface area contributed by atoms with Crippen LogP contribution in [0.1, 0.15) is 132 Å². The van der Waals surface area contributed by atoms with E-state index < -0.39 is 0 Å². The number of Topliss-reactive ketones (excluding diaryl/α,β-unsaturated/α-hetero) is 1. The van der Waals surface area contributed by atoms with Crippen molar-refractivity contribution in [1.29, 1.82) is 5.26 Å². The average Bonchev–Trinajstić information content (AvgIpc) is 3.35. The molecule has 0 aromatic carbocycles. The number of ketones is 1. The zero-order chi connectivity index (χ0) is 27.1. The zero-order valence-electron chi connectivity index (χ0n) is 25.1. The average molecular weight is 542 g/mol. The second-order valence-electron chi connectivity index (χ2n) is 14.8. The standard InChI is InChI=1S/C31H47NO3.C3H8.CH4/c1-20-23-11-14-29(2)24-12-15-31(19-35-27-8-4-5-16-34-27)13-6-7-25(31)22(24)9-10-26(29)30(23,3)17-21(18-32)28(20)33;1-3-2;/h20-27H,4-17,19H2,1-3H3;3H2,1-2H3;1H4. The Bertz CT molecular complexity index is 891. The normalized spacial score (nSPS) is 48.6. The highest BCUT2D eigenvalue weighted by atomic mass is 16.7. The van der Waals surface area contributed by atoms with Crippen LogP contribution in [0.5, 0.6) is 0 Å². The lowest BCUT2D eigenvalue weighted by Gasteiger charge is -2.67. The molecule has 1 saturated heterocycles. The third-order valence-electron chi connectivity index (χ3n) is 12.9. The first-order chi connectivity index (χ1) is 18.2. The van der Waals surface area contributed by atoms with Gasteiger partial charge in [0.25, 0.3) is 0 Å². The quantitative estimate of drug-likeness (QED) is 0.358. The third-order valence-corrected chi connectivity index (χ3v) is 12.9. The highest BCUT2D eigenvalue weighted by Crippen LogP contribution is 2.71. The van der Waals surface area contributed by atoms with Gasteiger partial charge in [0.1, 0.15) is 5.92 Å². The van der Waals surface area contributed by atoms with E-state index in [0.717, 1.165) is 43.8 Å². The van der Waals surface area contributed by atoms with Crippen LogP contribution in [-0.4, -0.2) is 25.3 Å². The van der Waals surface area contributed by atoms with Crippen molar-refractivity contribution in [3.63, 3.8) is 0 Å². The predicted molar refractivity (Wildman–Crippen MR) is 158 cm³/mol. The fourth-order valence-electron chi connectivity index (χ4n) is 11.4. The number of ether oxygens (including phenoxy) is 2. The van der Waals surface area contributed by atoms with Crippen molar-refractivity contribution in [1.82, 2.24) is 0 Å². The molecular formula is C35H59NO3. The van der Waals surface area contributed by atoms with Gasteiger partial charge in [0.15, 0.2) is 12.1 Å². The second kappa shape index (κ2) is 12.1. The van der Waals surface area contributed by atoms with Crippen LogP contribution < -0.4 is 0 Å². The molecule has 39 heavy (non-hydrogen) atoms. The summed E-state index contributed by atoms with van der Waals surface area (Å²) in [5, 5.41) is 9.82. The number of hydrogen-bond donors (Lipinski definition) is 0. The summed E-state index contributed by atoms with van der Waals surface area (Å²) in [6, 6.07) is 2.41. The van der Waals surface area contributed by atoms with E-state index in [-0.39, 0.29) is 36.8 Å². The first-order valence-corrected chi connectivity index (χ1v) is 16.4. The van der Waals surface area contributed by atoms with Gasteiger partial charge in [-0.15, -0.1) is 0 Å². The Morgan fingerprint density at radius 2 is 1.67 bits per heavy atom. The molecule has 1 aliphatic heterocycles. The van der Waals surface area contributed by atoms with Crippen LogP contribution in [0.4, 0.5) is 0 Å². The summed E-state index contributed by atoms with van der Waals surface area (Å²) in [7, 11) is 0. The van der Waals surface area contributed by atoms with Crippen molar-refractivity contribution in [2.75, 3.05) is 13.2 Å². The number of carbonyl (C=O) groups is 1. The second-order valence-corrected chi connectivity index (χ2v) is 14.8. The molecule has 6 rings (SSSR count). The highest BCUT2D eigenvalue weighted by molar-refractivity contribution is 5.86. The smallest absolute Gasteiger partial charge is 0.157 e. The van der Waals surface area contributed by atoms with Crippen molar-refractivity contribution < 1.29 is 14.3 Å². The summed E-state index contributed by atoms with van der Waals surface area (Å²) in [6.45, 7) is 13.3. The Morgan fingerprint density at radius 1 is 0.923 bits per heavy atom. The maximum Gasteiger partial charge on any atom is 0.157 e. The molecule has 1 heterocycles. The van der Waals surface area contributed by atoms with E-state index in [2.05, 4.69) is 40.7 Å². The predicted octanol–water partition coefficient (Wildman–Crippen LogP) is 8.98. The fraction of sp³-hybridized carbons (Fsp3) is 0.943. The molecule has 222 valence electrons. The molecular weight excluding hydrogens is 482 g/mol. The molecule has 0 N–H and O–H groups in total. The van der Waals surface area contributed by atoms with Crippen LogP contribution in [0.2, 0.25) is 0 Å². The van der Waals surface area contributed by atoms with Gasteiger partial charge >= 0.3 is 0 Å². The molecule has 0 aromatic heterocycles. The van der Waals surface area contributed by atoms with Gasteiger partial charge in [-0.05, 0) is 123 Å². The van der Waals surface area contributed by atoms with E-state index in [4.69, 9.17) is 9.47 Å². The SMILES string of the molecule is C.CC1C(=O)C(C#N)CC2(C)C1CCC1(C)C3CCC4(COC5CCCCO5)CCCC4C3CCC21.CCC. The Balaban J connectivity index is 0.000000845. The Morgan fingerprint density at radius 3 is 2.36 bits per heavy atom. The monoisotopic (exact) mass is 541 g/mol. The molecule has 0 radical (unpaired) electrons. The number of carbonyl (C=O) groups excluding carboxylic acids is 1. The van der Waals surface area contributed by atoms with E-state index in [1.165, 1.54) is 77.0 Å². The summed E-state index contributed by atoms with van der Waals surface area (Å²) < 4.78 is 12.4. The summed E-state index contributed by atoms with van der Waals surface area (Å²) in [5.41, 5.74) is 0.873. The number of rotatable bonds is 3. The molecule has 11 unspecified atom stereocenters. The largest absolute Gasteiger partial charge is 0.353 e. The number of nitrogens with zero attached hydrogens (tertiary/aromatic N) is 1. The zero-order valence-corrected chi connectivity index (χ0v) is 25.1. The van der Waals surface area contributed by atoms with Crippen molar-refractivity contribution in [2.45, 2.75) is 138 Å². The molecule has 4 heteroatoms. The van der Waals surface area contributed by atoms with Crippen molar-refractivity contribution in [3.8, 4) is 6.07 Å². The number of nitriles is 1. The molecule has 4 nitrogen and oxygen atoms in total. The lowest BCUT2D eigenvalue weighted by Crippen LogP contribution is -2.62. The summed E-state index contributed by atoms with van der Waals surface area (Å²) >= 11 is 0. The highest BCUT2D eigenvalue weighted by Gasteiger charge is 2.65. The van der Waals surface area contributed by atoms with Gasteiger partial charge in [-0.2, -0.15) is 5.26 Å². The summed E-state index contributed by atoms with van der Waals surface area (Å²) in [6.07, 6.45) is 17.4. The van der Waals surface area contributed by atoms with Crippen molar-refractivity contribution in [3.05, 3.63) is 0 Å². The summed E-state index contributed by atoms with van der Waals surface area (Å²) in [4.78, 5) is 12.9. The van der Waals surface area contributed by atoms with Crippen LogP contribution >= 0.6 is 0 Å². The minimum absolute atomic E-state index is 0. The first kappa shape index (κ1) is 31.0. The van der Waals surface area contributed by atoms with E-state index in [0.29, 0.717) is 22.7 Å². The maximum absolute atomic E-state index is 12.9. The fourth-order valence-corrected chi connectivity index (χ4v) is 11.4. The molecule has 0 bridgehead atoms. The van der Waals surface area contributed by atoms with E-state index in [1.54, 1.807) is 0 Å². The Hall–Kier alpha value is -0.920. The van der Waals surface area contributed by atoms with E-state index >= 15 is 0 Å². The van der Waals surface area contributed by atoms with Gasteiger partial charge in [-0.3, -0.25) is 4.79 Å². The molecule has 0 amide bonds. The lowest BCUT2D eigenvalue weighted by molar-refractivity contribution is -0.211. The minimum Gasteiger partial charge on any atom is -0.353 e. The molecule has 5 saturated carbocycles. The molecule has 5 aliphatic carbocycles. The van der Waals surface area contributed by atoms with Crippen LogP contribution in [-0.2, 0) is 14.3 Å². The van der Waals surface area contributed by atoms with E-state index in [1.807, 2.05) is 0 Å². The number of hydrogen-bond acceptors (Lipinski definition) is 4. The van der Waals surface area contributed by atoms with Crippen molar-refractivity contribution in [2.24, 2.45) is 57.7 Å². The minimum atomic E-state index is -0.390. The maximum atomic E-state index is 12.9. The molecule has 0 spiro atoms. The summed E-state index contributed by atoms with van der Waals surface area (Å²) in [5.74, 6) is 3.45. The van der Waals surface area contributed by atoms with E-state index in [9.17, 15) is 10.1 Å². The molecule has 11 atom stereocenters. The van der Waals surface area contributed by atoms with Gasteiger partial charge in [-0.25, -0.2) is 0 Å². The topological polar surface area (TPSA) is 59.3 Å². The molecule has 6 aliphatic rings. The third kappa shape index (κ3) is 5.16. The van der Waals surface area contributed by atoms with Gasteiger partial charge < -0.3 is 9.47 Å². The van der Waals surface area contributed by atoms with Gasteiger partial charge in [0.2, 0.25) is 0 Å². The van der Waals surface area contributed by atoms with Crippen LogP contribution in [0.15, 0.2) is 0 Å². The van der Waals surface area contributed by atoms with Crippen LogP contribution in [0, 0.1) is 69.0 Å². The lowest BCUT2D eigenvalue weighted by atomic mass is 9.37. The molecule has 6 fully saturated rings. The van der Waals surface area contributed by atoms with Gasteiger partial charge in [0, 0.05) is 12.5 Å². The van der Waals surface area contributed by atoms with Crippen molar-refractivity contribution >= 4 is 5.78 Å². The molecule has 0 aromatic rings. The Labute approximate surface area is 240 Å². The number of fused-ring (bicyclic) bond motifs is 7. The van der Waals surface area contributed by atoms with Gasteiger partial charge in [-0.1, -0.05) is 54.9 Å². The van der Waals surface area contributed by atoms with Crippen LogP contribution in [0.25, 0.3) is 0 Å². The van der Waals surface area contributed by atoms with Crippen LogP contribution in [0.3, 0.4) is 0 Å². The Kier molecular flexibility index (Phi) is 9.65.